The third kappa shape index (κ3) is 2.72. The number of anilines is 3. The Morgan fingerprint density at radius 1 is 1.40 bits per heavy atom. The fraction of sp³-hybridized carbons (Fsp3) is 0.385. The number of ether oxygens (including phenoxy) is 1. The molecule has 3 rings (SSSR count). The smallest absolute Gasteiger partial charge is 0.227 e. The second kappa shape index (κ2) is 5.46. The molecular weight excluding hydrogens is 256 g/mol. The van der Waals surface area contributed by atoms with Gasteiger partial charge in [-0.05, 0) is 6.92 Å². The SMILES string of the molecule is CO[C@@H]1[CH]CN(c2nc(C)cc(Nc3cc[nH]n3)n2)C1. The summed E-state index contributed by atoms with van der Waals surface area (Å²) >= 11 is 0. The van der Waals surface area contributed by atoms with Gasteiger partial charge < -0.3 is 15.0 Å². The lowest BCUT2D eigenvalue weighted by Crippen LogP contribution is -2.24. The Kier molecular flexibility index (Phi) is 3.51. The number of aromatic amines is 1. The zero-order valence-electron chi connectivity index (χ0n) is 11.5. The molecule has 3 heterocycles. The van der Waals surface area contributed by atoms with Gasteiger partial charge in [-0.1, -0.05) is 0 Å². The van der Waals surface area contributed by atoms with Gasteiger partial charge in [-0.2, -0.15) is 10.1 Å². The summed E-state index contributed by atoms with van der Waals surface area (Å²) in [6.07, 6.45) is 4.02. The van der Waals surface area contributed by atoms with Crippen LogP contribution in [0.15, 0.2) is 18.3 Å². The van der Waals surface area contributed by atoms with Crippen LogP contribution in [0.3, 0.4) is 0 Å². The van der Waals surface area contributed by atoms with Gasteiger partial charge in [0.25, 0.3) is 0 Å². The molecule has 2 aromatic heterocycles. The van der Waals surface area contributed by atoms with Crippen LogP contribution in [0, 0.1) is 13.3 Å². The van der Waals surface area contributed by atoms with Gasteiger partial charge in [0.15, 0.2) is 5.82 Å². The molecule has 20 heavy (non-hydrogen) atoms. The minimum atomic E-state index is 0.141. The Hall–Kier alpha value is -2.15. The van der Waals surface area contributed by atoms with Gasteiger partial charge in [0.2, 0.25) is 5.95 Å². The van der Waals surface area contributed by atoms with E-state index in [0.717, 1.165) is 30.4 Å². The van der Waals surface area contributed by atoms with Crippen LogP contribution in [0.5, 0.6) is 0 Å². The Labute approximate surface area is 117 Å². The molecule has 0 amide bonds. The number of nitrogens with zero attached hydrogens (tertiary/aromatic N) is 4. The van der Waals surface area contributed by atoms with Gasteiger partial charge in [0.05, 0.1) is 6.10 Å². The molecular formula is C13H17N6O. The van der Waals surface area contributed by atoms with Crippen LogP contribution in [0.25, 0.3) is 0 Å². The summed E-state index contributed by atoms with van der Waals surface area (Å²) in [5, 5.41) is 9.97. The minimum Gasteiger partial charge on any atom is -0.379 e. The Morgan fingerprint density at radius 2 is 2.30 bits per heavy atom. The second-order valence-corrected chi connectivity index (χ2v) is 4.69. The molecule has 0 aromatic carbocycles. The largest absolute Gasteiger partial charge is 0.379 e. The summed E-state index contributed by atoms with van der Waals surface area (Å²) in [6.45, 7) is 3.53. The van der Waals surface area contributed by atoms with Crippen LogP contribution in [0.2, 0.25) is 0 Å². The first-order valence-electron chi connectivity index (χ1n) is 6.48. The molecule has 1 radical (unpaired) electrons. The normalized spacial score (nSPS) is 18.5. The first-order valence-corrected chi connectivity index (χ1v) is 6.48. The van der Waals surface area contributed by atoms with Crippen molar-refractivity contribution >= 4 is 17.6 Å². The quantitative estimate of drug-likeness (QED) is 0.874. The Morgan fingerprint density at radius 3 is 3.00 bits per heavy atom. The summed E-state index contributed by atoms with van der Waals surface area (Å²) in [5.41, 5.74) is 0.911. The first kappa shape index (κ1) is 12.9. The molecule has 0 unspecified atom stereocenters. The number of rotatable bonds is 4. The van der Waals surface area contributed by atoms with E-state index < -0.39 is 0 Å². The predicted molar refractivity (Wildman–Crippen MR) is 75.9 cm³/mol. The molecule has 1 fully saturated rings. The van der Waals surface area contributed by atoms with E-state index in [4.69, 9.17) is 4.74 Å². The minimum absolute atomic E-state index is 0.141. The number of hydrogen-bond donors (Lipinski definition) is 2. The Bertz CT molecular complexity index is 570. The summed E-state index contributed by atoms with van der Waals surface area (Å²) in [7, 11) is 1.71. The van der Waals surface area contributed by atoms with E-state index in [1.54, 1.807) is 13.3 Å². The molecule has 7 nitrogen and oxygen atoms in total. The van der Waals surface area contributed by atoms with Crippen molar-refractivity contribution in [1.29, 1.82) is 0 Å². The summed E-state index contributed by atoms with van der Waals surface area (Å²) in [4.78, 5) is 11.1. The maximum absolute atomic E-state index is 5.33. The topological polar surface area (TPSA) is 79.0 Å². The van der Waals surface area contributed by atoms with Crippen LogP contribution >= 0.6 is 0 Å². The van der Waals surface area contributed by atoms with Crippen LogP contribution in [-0.4, -0.2) is 46.5 Å². The molecule has 0 saturated carbocycles. The first-order chi connectivity index (χ1) is 9.74. The molecule has 0 bridgehead atoms. The molecule has 2 N–H and O–H groups in total. The number of methoxy groups -OCH3 is 1. The van der Waals surface area contributed by atoms with Gasteiger partial charge in [0, 0.05) is 50.6 Å². The highest BCUT2D eigenvalue weighted by Gasteiger charge is 2.24. The number of hydrogen-bond acceptors (Lipinski definition) is 6. The molecule has 1 aliphatic rings. The zero-order valence-corrected chi connectivity index (χ0v) is 11.5. The summed E-state index contributed by atoms with van der Waals surface area (Å²) in [6, 6.07) is 3.74. The van der Waals surface area contributed by atoms with Crippen molar-refractivity contribution < 1.29 is 4.74 Å². The monoisotopic (exact) mass is 273 g/mol. The molecule has 1 aliphatic heterocycles. The average Bonchev–Trinajstić information content (AvgIpc) is 3.08. The number of H-pyrrole nitrogens is 1. The number of aryl methyl sites for hydroxylation is 1. The Balaban J connectivity index is 1.80. The van der Waals surface area contributed by atoms with Crippen LogP contribution in [-0.2, 0) is 4.74 Å². The van der Waals surface area contributed by atoms with Crippen LogP contribution in [0.4, 0.5) is 17.6 Å². The molecule has 1 saturated heterocycles. The highest BCUT2D eigenvalue weighted by molar-refractivity contribution is 5.54. The highest BCUT2D eigenvalue weighted by atomic mass is 16.5. The molecule has 105 valence electrons. The summed E-state index contributed by atoms with van der Waals surface area (Å²) in [5.74, 6) is 2.18. The van der Waals surface area contributed by atoms with Crippen molar-refractivity contribution in [3.05, 3.63) is 30.4 Å². The highest BCUT2D eigenvalue weighted by Crippen LogP contribution is 2.21. The maximum Gasteiger partial charge on any atom is 0.227 e. The van der Waals surface area contributed by atoms with Crippen molar-refractivity contribution in [3.8, 4) is 0 Å². The van der Waals surface area contributed by atoms with E-state index >= 15 is 0 Å². The van der Waals surface area contributed by atoms with Gasteiger partial charge in [-0.15, -0.1) is 0 Å². The number of nitrogens with one attached hydrogen (secondary N) is 2. The second-order valence-electron chi connectivity index (χ2n) is 4.69. The fourth-order valence-electron chi connectivity index (χ4n) is 2.16. The lowest BCUT2D eigenvalue weighted by atomic mass is 10.3. The third-order valence-electron chi connectivity index (χ3n) is 3.17. The van der Waals surface area contributed by atoms with Gasteiger partial charge in [-0.25, -0.2) is 4.98 Å². The van der Waals surface area contributed by atoms with Gasteiger partial charge in [-0.3, -0.25) is 5.10 Å². The van der Waals surface area contributed by atoms with E-state index in [1.807, 2.05) is 19.1 Å². The van der Waals surface area contributed by atoms with E-state index in [2.05, 4.69) is 36.8 Å². The van der Waals surface area contributed by atoms with Crippen LogP contribution < -0.4 is 10.2 Å². The molecule has 1 atom stereocenters. The standard InChI is InChI=1S/C13H17N6O/c1-9-7-12(16-11-3-5-14-18-11)17-13(15-9)19-6-4-10(8-19)20-2/h3-5,7,10H,6,8H2,1-2H3,(H2,14,15,16,17,18)/t10-/m1/s1. The predicted octanol–water partition coefficient (Wildman–Crippen LogP) is 1.29. The number of aromatic nitrogens is 4. The van der Waals surface area contributed by atoms with Crippen molar-refractivity contribution in [2.45, 2.75) is 13.0 Å². The lowest BCUT2D eigenvalue weighted by molar-refractivity contribution is 0.146. The van der Waals surface area contributed by atoms with E-state index in [1.165, 1.54) is 0 Å². The van der Waals surface area contributed by atoms with Gasteiger partial charge >= 0.3 is 0 Å². The van der Waals surface area contributed by atoms with Crippen LogP contribution in [0.1, 0.15) is 5.69 Å². The fourth-order valence-corrected chi connectivity index (χ4v) is 2.16. The molecule has 2 aromatic rings. The van der Waals surface area contributed by atoms with Crippen molar-refractivity contribution in [2.75, 3.05) is 30.4 Å². The average molecular weight is 273 g/mol. The molecule has 7 heteroatoms. The summed E-state index contributed by atoms with van der Waals surface area (Å²) < 4.78 is 5.33. The van der Waals surface area contributed by atoms with E-state index in [-0.39, 0.29) is 6.10 Å². The van der Waals surface area contributed by atoms with E-state index in [0.29, 0.717) is 5.95 Å². The molecule has 0 aliphatic carbocycles. The molecule has 0 spiro atoms. The zero-order chi connectivity index (χ0) is 13.9. The maximum atomic E-state index is 5.33. The lowest BCUT2D eigenvalue weighted by Gasteiger charge is -2.17. The van der Waals surface area contributed by atoms with E-state index in [9.17, 15) is 0 Å². The van der Waals surface area contributed by atoms with Crippen molar-refractivity contribution in [3.63, 3.8) is 0 Å². The van der Waals surface area contributed by atoms with Crippen molar-refractivity contribution in [1.82, 2.24) is 20.2 Å². The third-order valence-corrected chi connectivity index (χ3v) is 3.17. The van der Waals surface area contributed by atoms with Crippen molar-refractivity contribution in [2.24, 2.45) is 0 Å². The van der Waals surface area contributed by atoms with Gasteiger partial charge in [0.1, 0.15) is 5.82 Å².